The number of ether oxygens (including phenoxy) is 1. The Morgan fingerprint density at radius 2 is 1.89 bits per heavy atom. The maximum absolute atomic E-state index is 12.3. The Hall–Kier alpha value is -0.670. The van der Waals surface area contributed by atoms with E-state index >= 15 is 0 Å². The molecule has 2 atom stereocenters. The van der Waals surface area contributed by atoms with Crippen molar-refractivity contribution in [1.82, 2.24) is 4.31 Å². The van der Waals surface area contributed by atoms with Gasteiger partial charge in [-0.05, 0) is 34.1 Å². The monoisotopic (exact) mass is 351 g/mol. The number of sulfonamides is 1. The maximum Gasteiger partial charge on any atom is 0.243 e. The third-order valence-corrected chi connectivity index (χ3v) is 5.43. The number of β-amino-alcohol motifs (C(OH)–C–C–N with tert-alkyl or cyclic N) is 2. The van der Waals surface area contributed by atoms with Crippen molar-refractivity contribution in [2.45, 2.75) is 17.1 Å². The zero-order valence-corrected chi connectivity index (χ0v) is 12.6. The van der Waals surface area contributed by atoms with Gasteiger partial charge in [-0.3, -0.25) is 0 Å². The number of benzene rings is 1. The molecular weight excluding hydrogens is 338 g/mol. The van der Waals surface area contributed by atoms with E-state index in [4.69, 9.17) is 4.74 Å². The van der Waals surface area contributed by atoms with Crippen LogP contribution in [-0.2, 0) is 10.0 Å². The van der Waals surface area contributed by atoms with Gasteiger partial charge in [-0.25, -0.2) is 8.42 Å². The van der Waals surface area contributed by atoms with Gasteiger partial charge in [0.05, 0.1) is 28.7 Å². The second-order valence-electron chi connectivity index (χ2n) is 4.25. The van der Waals surface area contributed by atoms with Crippen molar-refractivity contribution < 1.29 is 23.4 Å². The van der Waals surface area contributed by atoms with Gasteiger partial charge in [-0.1, -0.05) is 0 Å². The van der Waals surface area contributed by atoms with E-state index in [9.17, 15) is 18.6 Å². The Morgan fingerprint density at radius 3 is 2.37 bits per heavy atom. The summed E-state index contributed by atoms with van der Waals surface area (Å²) in [5, 5.41) is 18.9. The van der Waals surface area contributed by atoms with Gasteiger partial charge >= 0.3 is 0 Å². The molecule has 0 spiro atoms. The van der Waals surface area contributed by atoms with E-state index in [2.05, 4.69) is 15.9 Å². The van der Waals surface area contributed by atoms with Crippen LogP contribution in [0, 0.1) is 0 Å². The van der Waals surface area contributed by atoms with Crippen LogP contribution in [0.3, 0.4) is 0 Å². The molecule has 2 rings (SSSR count). The summed E-state index contributed by atoms with van der Waals surface area (Å²) in [4.78, 5) is 0.0847. The first-order valence-corrected chi connectivity index (χ1v) is 7.79. The maximum atomic E-state index is 12.3. The minimum Gasteiger partial charge on any atom is -0.496 e. The quantitative estimate of drug-likeness (QED) is 0.811. The van der Waals surface area contributed by atoms with Gasteiger partial charge < -0.3 is 14.9 Å². The van der Waals surface area contributed by atoms with Crippen LogP contribution in [-0.4, -0.2) is 55.3 Å². The predicted molar refractivity (Wildman–Crippen MR) is 71.5 cm³/mol. The highest BCUT2D eigenvalue weighted by Crippen LogP contribution is 2.29. The predicted octanol–water partition coefficient (Wildman–Crippen LogP) is 0.184. The highest BCUT2D eigenvalue weighted by atomic mass is 79.9. The van der Waals surface area contributed by atoms with E-state index in [1.807, 2.05) is 0 Å². The minimum absolute atomic E-state index is 0.0847. The molecular formula is C11H14BrNO5S. The second kappa shape index (κ2) is 5.37. The van der Waals surface area contributed by atoms with Crippen molar-refractivity contribution in [1.29, 1.82) is 0 Å². The molecule has 19 heavy (non-hydrogen) atoms. The lowest BCUT2D eigenvalue weighted by molar-refractivity contribution is 0.0572. The number of nitrogens with zero attached hydrogens (tertiary/aromatic N) is 1. The lowest BCUT2D eigenvalue weighted by atomic mass is 10.3. The van der Waals surface area contributed by atoms with E-state index in [0.717, 1.165) is 4.31 Å². The number of methoxy groups -OCH3 is 1. The number of hydrogen-bond donors (Lipinski definition) is 2. The van der Waals surface area contributed by atoms with Crippen LogP contribution in [0.2, 0.25) is 0 Å². The largest absolute Gasteiger partial charge is 0.496 e. The average Bonchev–Trinajstić information content (AvgIpc) is 2.70. The van der Waals surface area contributed by atoms with Crippen molar-refractivity contribution in [3.05, 3.63) is 22.7 Å². The first-order valence-electron chi connectivity index (χ1n) is 5.56. The number of hydrogen-bond acceptors (Lipinski definition) is 5. The van der Waals surface area contributed by atoms with E-state index in [-0.39, 0.29) is 18.0 Å². The third-order valence-electron chi connectivity index (χ3n) is 2.99. The van der Waals surface area contributed by atoms with Crippen molar-refractivity contribution in [2.24, 2.45) is 0 Å². The molecule has 0 aliphatic carbocycles. The molecule has 1 aromatic carbocycles. The molecule has 1 aromatic rings. The first kappa shape index (κ1) is 14.7. The van der Waals surface area contributed by atoms with E-state index < -0.39 is 22.2 Å². The van der Waals surface area contributed by atoms with Crippen LogP contribution in [0.25, 0.3) is 0 Å². The summed E-state index contributed by atoms with van der Waals surface area (Å²) in [5.74, 6) is 0.528. The molecule has 106 valence electrons. The van der Waals surface area contributed by atoms with Gasteiger partial charge in [0.25, 0.3) is 0 Å². The van der Waals surface area contributed by atoms with Crippen LogP contribution in [0.1, 0.15) is 0 Å². The van der Waals surface area contributed by atoms with Crippen molar-refractivity contribution >= 4 is 26.0 Å². The van der Waals surface area contributed by atoms with E-state index in [1.54, 1.807) is 6.07 Å². The molecule has 2 unspecified atom stereocenters. The zero-order chi connectivity index (χ0) is 14.2. The lowest BCUT2D eigenvalue weighted by Crippen LogP contribution is -2.30. The minimum atomic E-state index is -3.72. The number of aliphatic hydroxyl groups excluding tert-OH is 2. The van der Waals surface area contributed by atoms with Crippen molar-refractivity contribution in [3.8, 4) is 5.75 Å². The molecule has 1 aliphatic heterocycles. The molecule has 0 aromatic heterocycles. The first-order chi connectivity index (χ1) is 8.86. The third kappa shape index (κ3) is 2.77. The Morgan fingerprint density at radius 1 is 1.32 bits per heavy atom. The molecule has 1 fully saturated rings. The smallest absolute Gasteiger partial charge is 0.243 e. The Labute approximate surface area is 119 Å². The highest BCUT2D eigenvalue weighted by molar-refractivity contribution is 9.10. The molecule has 0 radical (unpaired) electrons. The van der Waals surface area contributed by atoms with E-state index in [1.165, 1.54) is 19.2 Å². The van der Waals surface area contributed by atoms with Gasteiger partial charge in [0, 0.05) is 13.1 Å². The topological polar surface area (TPSA) is 87.1 Å². The van der Waals surface area contributed by atoms with Gasteiger partial charge in [-0.2, -0.15) is 4.31 Å². The van der Waals surface area contributed by atoms with Crippen LogP contribution < -0.4 is 4.74 Å². The summed E-state index contributed by atoms with van der Waals surface area (Å²) >= 11 is 3.23. The summed E-state index contributed by atoms with van der Waals surface area (Å²) in [5.41, 5.74) is 0. The molecule has 0 amide bonds. The van der Waals surface area contributed by atoms with Gasteiger partial charge in [0.1, 0.15) is 5.75 Å². The summed E-state index contributed by atoms with van der Waals surface area (Å²) in [6, 6.07) is 4.40. The Kier molecular flexibility index (Phi) is 4.17. The number of aliphatic hydroxyl groups is 2. The molecule has 1 aliphatic rings. The fourth-order valence-electron chi connectivity index (χ4n) is 1.89. The number of halogens is 1. The molecule has 0 bridgehead atoms. The molecule has 2 N–H and O–H groups in total. The molecule has 1 saturated heterocycles. The molecule has 0 saturated carbocycles. The average molecular weight is 352 g/mol. The zero-order valence-electron chi connectivity index (χ0n) is 10.2. The van der Waals surface area contributed by atoms with E-state index in [0.29, 0.717) is 10.2 Å². The van der Waals surface area contributed by atoms with Crippen LogP contribution in [0.5, 0.6) is 5.75 Å². The Bertz CT molecular complexity index is 566. The molecule has 1 heterocycles. The van der Waals surface area contributed by atoms with Crippen LogP contribution >= 0.6 is 15.9 Å². The number of rotatable bonds is 3. The molecule has 6 nitrogen and oxygen atoms in total. The SMILES string of the molecule is COc1ccc(S(=O)(=O)N2CC(O)C(O)C2)cc1Br. The van der Waals surface area contributed by atoms with Gasteiger partial charge in [-0.15, -0.1) is 0 Å². The summed E-state index contributed by atoms with van der Waals surface area (Å²) in [7, 11) is -2.24. The fraction of sp³-hybridized carbons (Fsp3) is 0.455. The van der Waals surface area contributed by atoms with Gasteiger partial charge in [0.2, 0.25) is 10.0 Å². The summed E-state index contributed by atoms with van der Waals surface area (Å²) in [6.07, 6.45) is -2.09. The second-order valence-corrected chi connectivity index (χ2v) is 7.05. The van der Waals surface area contributed by atoms with Crippen LogP contribution in [0.4, 0.5) is 0 Å². The fourth-order valence-corrected chi connectivity index (χ4v) is 4.08. The summed E-state index contributed by atoms with van der Waals surface area (Å²) < 4.78 is 31.3. The van der Waals surface area contributed by atoms with Crippen molar-refractivity contribution in [3.63, 3.8) is 0 Å². The van der Waals surface area contributed by atoms with Crippen molar-refractivity contribution in [2.75, 3.05) is 20.2 Å². The lowest BCUT2D eigenvalue weighted by Gasteiger charge is -2.16. The molecule has 8 heteroatoms. The standard InChI is InChI=1S/C11H14BrNO5S/c1-18-11-3-2-7(4-8(11)12)19(16,17)13-5-9(14)10(15)6-13/h2-4,9-10,14-15H,5-6H2,1H3. The van der Waals surface area contributed by atoms with Gasteiger partial charge in [0.15, 0.2) is 0 Å². The Balaban J connectivity index is 2.33. The normalized spacial score (nSPS) is 24.6. The summed E-state index contributed by atoms with van der Waals surface area (Å²) in [6.45, 7) is -0.208. The highest BCUT2D eigenvalue weighted by Gasteiger charge is 2.37. The van der Waals surface area contributed by atoms with Crippen LogP contribution in [0.15, 0.2) is 27.6 Å².